The van der Waals surface area contributed by atoms with E-state index in [-0.39, 0.29) is 11.8 Å². The van der Waals surface area contributed by atoms with Gasteiger partial charge in [-0.3, -0.25) is 14.5 Å². The second-order valence-electron chi connectivity index (χ2n) is 5.14. The van der Waals surface area contributed by atoms with E-state index in [0.29, 0.717) is 27.9 Å². The fourth-order valence-electron chi connectivity index (χ4n) is 2.67. The molecular weight excluding hydrogens is 408 g/mol. The number of rotatable bonds is 4. The second-order valence-corrected chi connectivity index (χ2v) is 7.70. The van der Waals surface area contributed by atoms with Crippen LogP contribution in [-0.2, 0) is 9.59 Å². The van der Waals surface area contributed by atoms with Crippen LogP contribution >= 0.6 is 39.9 Å². The van der Waals surface area contributed by atoms with Gasteiger partial charge in [-0.25, -0.2) is 0 Å². The molecule has 0 N–H and O–H groups in total. The van der Waals surface area contributed by atoms with E-state index in [2.05, 4.69) is 29.1 Å². The molecule has 1 fully saturated rings. The number of thiocarbonyl (C=S) groups is 1. The summed E-state index contributed by atoms with van der Waals surface area (Å²) in [6.45, 7) is 8.06. The lowest BCUT2D eigenvalue weighted by Gasteiger charge is -2.14. The highest BCUT2D eigenvalue weighted by atomic mass is 79.9. The van der Waals surface area contributed by atoms with Gasteiger partial charge in [-0.15, -0.1) is 13.2 Å². The van der Waals surface area contributed by atoms with Crippen molar-refractivity contribution in [3.05, 3.63) is 58.5 Å². The third kappa shape index (κ3) is 2.66. The Hall–Kier alpha value is -1.70. The number of hydrogen-bond acceptors (Lipinski definition) is 4. The Kier molecular flexibility index (Phi) is 4.76. The summed E-state index contributed by atoms with van der Waals surface area (Å²) in [4.78, 5) is 29.1. The maximum Gasteiger partial charge on any atom is 0.267 e. The lowest BCUT2D eigenvalue weighted by molar-refractivity contribution is -0.122. The predicted octanol–water partition coefficient (Wildman–Crippen LogP) is 3.74. The Morgan fingerprint density at radius 2 is 1.79 bits per heavy atom. The third-order valence-corrected chi connectivity index (χ3v) is 5.62. The lowest BCUT2D eigenvalue weighted by atomic mass is 10.1. The number of nitrogens with zero attached hydrogens (tertiary/aromatic N) is 2. The molecule has 0 bridgehead atoms. The Morgan fingerprint density at radius 3 is 2.46 bits per heavy atom. The molecule has 0 saturated carbocycles. The normalized spacial score (nSPS) is 20.0. The average Bonchev–Trinajstić information content (AvgIpc) is 2.96. The molecule has 0 radical (unpaired) electrons. The lowest BCUT2D eigenvalue weighted by Crippen LogP contribution is -2.29. The van der Waals surface area contributed by atoms with Gasteiger partial charge in [-0.05, 0) is 18.2 Å². The van der Waals surface area contributed by atoms with Crippen LogP contribution in [0.4, 0.5) is 5.69 Å². The van der Waals surface area contributed by atoms with Crippen LogP contribution in [0.3, 0.4) is 0 Å². The topological polar surface area (TPSA) is 40.6 Å². The molecule has 0 aliphatic carbocycles. The van der Waals surface area contributed by atoms with Crippen molar-refractivity contribution in [3.63, 3.8) is 0 Å². The molecule has 0 aromatic heterocycles. The molecule has 0 atom stereocenters. The van der Waals surface area contributed by atoms with E-state index in [1.807, 2.05) is 18.2 Å². The monoisotopic (exact) mass is 420 g/mol. The van der Waals surface area contributed by atoms with Crippen molar-refractivity contribution >= 4 is 67.3 Å². The molecule has 1 aromatic carbocycles. The van der Waals surface area contributed by atoms with Crippen molar-refractivity contribution < 1.29 is 9.59 Å². The molecule has 122 valence electrons. The van der Waals surface area contributed by atoms with E-state index in [1.165, 1.54) is 4.90 Å². The van der Waals surface area contributed by atoms with E-state index in [0.717, 1.165) is 27.5 Å². The van der Waals surface area contributed by atoms with Crippen molar-refractivity contribution in [2.45, 2.75) is 0 Å². The molecule has 2 heterocycles. The second kappa shape index (κ2) is 6.66. The fraction of sp³-hybridized carbons (Fsp3) is 0.118. The molecule has 4 nitrogen and oxygen atoms in total. The number of fused-ring (bicyclic) bond motifs is 1. The fourth-order valence-corrected chi connectivity index (χ4v) is 4.38. The van der Waals surface area contributed by atoms with E-state index >= 15 is 0 Å². The van der Waals surface area contributed by atoms with Gasteiger partial charge in [0.1, 0.15) is 4.32 Å². The molecule has 1 aromatic rings. The van der Waals surface area contributed by atoms with Crippen molar-refractivity contribution in [2.24, 2.45) is 0 Å². The minimum Gasteiger partial charge on any atom is -0.304 e. The zero-order valence-electron chi connectivity index (χ0n) is 12.6. The molecule has 2 amide bonds. The van der Waals surface area contributed by atoms with Crippen LogP contribution in [-0.4, -0.2) is 34.1 Å². The summed E-state index contributed by atoms with van der Waals surface area (Å²) in [7, 11) is 0. The summed E-state index contributed by atoms with van der Waals surface area (Å²) in [6.07, 6.45) is 3.28. The molecule has 0 spiro atoms. The summed E-state index contributed by atoms with van der Waals surface area (Å²) in [5.74, 6) is -0.457. The van der Waals surface area contributed by atoms with Crippen LogP contribution in [0.5, 0.6) is 0 Å². The number of anilines is 1. The zero-order chi connectivity index (χ0) is 17.4. The summed E-state index contributed by atoms with van der Waals surface area (Å²) in [5.41, 5.74) is 1.90. The molecular formula is C17H13BrN2O2S2. The molecule has 7 heteroatoms. The van der Waals surface area contributed by atoms with Gasteiger partial charge in [0.15, 0.2) is 0 Å². The summed E-state index contributed by atoms with van der Waals surface area (Å²) in [6, 6.07) is 5.58. The number of thioether (sulfide) groups is 1. The van der Waals surface area contributed by atoms with Gasteiger partial charge in [0.25, 0.3) is 11.8 Å². The number of carbonyl (C=O) groups is 2. The van der Waals surface area contributed by atoms with Crippen molar-refractivity contribution in [1.82, 2.24) is 4.90 Å². The van der Waals surface area contributed by atoms with Gasteiger partial charge in [-0.1, -0.05) is 52.1 Å². The minimum absolute atomic E-state index is 0.206. The van der Waals surface area contributed by atoms with Gasteiger partial charge in [0.05, 0.1) is 16.2 Å². The molecule has 1 saturated heterocycles. The highest BCUT2D eigenvalue weighted by molar-refractivity contribution is 9.10. The van der Waals surface area contributed by atoms with Crippen molar-refractivity contribution in [1.29, 1.82) is 0 Å². The summed E-state index contributed by atoms with van der Waals surface area (Å²) in [5, 5.41) is 0. The van der Waals surface area contributed by atoms with Crippen LogP contribution in [0.15, 0.2) is 52.9 Å². The Morgan fingerprint density at radius 1 is 1.12 bits per heavy atom. The van der Waals surface area contributed by atoms with E-state index in [9.17, 15) is 9.59 Å². The maximum atomic E-state index is 12.9. The third-order valence-electron chi connectivity index (χ3n) is 3.68. The molecule has 24 heavy (non-hydrogen) atoms. The first kappa shape index (κ1) is 17.1. The highest BCUT2D eigenvalue weighted by Gasteiger charge is 2.41. The molecule has 3 rings (SSSR count). The van der Waals surface area contributed by atoms with Gasteiger partial charge in [0, 0.05) is 23.1 Å². The van der Waals surface area contributed by atoms with Crippen LogP contribution < -0.4 is 4.90 Å². The van der Waals surface area contributed by atoms with Crippen molar-refractivity contribution in [2.75, 3.05) is 18.0 Å². The number of hydrogen-bond donors (Lipinski definition) is 0. The van der Waals surface area contributed by atoms with E-state index in [4.69, 9.17) is 12.2 Å². The quantitative estimate of drug-likeness (QED) is 0.422. The molecule has 2 aliphatic heterocycles. The predicted molar refractivity (Wildman–Crippen MR) is 106 cm³/mol. The number of halogens is 1. The maximum absolute atomic E-state index is 12.9. The number of carbonyl (C=O) groups excluding carboxylic acids is 2. The van der Waals surface area contributed by atoms with Gasteiger partial charge < -0.3 is 4.90 Å². The number of benzene rings is 1. The standard InChI is InChI=1S/C17H13BrN2O2S2/c1-3-7-19-12-6-5-10(18)9-11(12)13(15(19)21)14-16(22)20(8-4-2)17(23)24-14/h3-6,9H,1-2,7-8H2/b14-13-. The Bertz CT molecular complexity index is 832. The Labute approximate surface area is 158 Å². The van der Waals surface area contributed by atoms with E-state index < -0.39 is 0 Å². The van der Waals surface area contributed by atoms with E-state index in [1.54, 1.807) is 17.1 Å². The largest absolute Gasteiger partial charge is 0.304 e. The molecule has 2 aliphatic rings. The SMILES string of the molecule is C=CCN1C(=O)/C(=C2/C(=O)N(CC=C)c3ccc(Br)cc32)SC1=S. The highest BCUT2D eigenvalue weighted by Crippen LogP contribution is 2.45. The van der Waals surface area contributed by atoms with Gasteiger partial charge in [0.2, 0.25) is 0 Å². The molecule has 0 unspecified atom stereocenters. The van der Waals surface area contributed by atoms with Crippen molar-refractivity contribution in [3.8, 4) is 0 Å². The number of amides is 2. The first-order chi connectivity index (χ1) is 11.5. The van der Waals surface area contributed by atoms with Crippen LogP contribution in [0.2, 0.25) is 0 Å². The summed E-state index contributed by atoms with van der Waals surface area (Å²) >= 11 is 9.87. The first-order valence-corrected chi connectivity index (χ1v) is 9.13. The Balaban J connectivity index is 2.18. The minimum atomic E-state index is -0.250. The first-order valence-electron chi connectivity index (χ1n) is 7.11. The van der Waals surface area contributed by atoms with Gasteiger partial charge >= 0.3 is 0 Å². The zero-order valence-corrected chi connectivity index (χ0v) is 15.8. The van der Waals surface area contributed by atoms with Gasteiger partial charge in [-0.2, -0.15) is 0 Å². The van der Waals surface area contributed by atoms with Crippen LogP contribution in [0.1, 0.15) is 5.56 Å². The van der Waals surface area contributed by atoms with Crippen LogP contribution in [0, 0.1) is 0 Å². The van der Waals surface area contributed by atoms with Crippen LogP contribution in [0.25, 0.3) is 5.57 Å². The average molecular weight is 421 g/mol. The summed E-state index contributed by atoms with van der Waals surface area (Å²) < 4.78 is 1.28. The smallest absolute Gasteiger partial charge is 0.267 e.